The summed E-state index contributed by atoms with van der Waals surface area (Å²) in [7, 11) is 1.59. The highest BCUT2D eigenvalue weighted by atomic mass is 19.1. The Morgan fingerprint density at radius 3 is 2.31 bits per heavy atom. The van der Waals surface area contributed by atoms with Gasteiger partial charge in [-0.1, -0.05) is 24.3 Å². The molecule has 1 atom stereocenters. The quantitative estimate of drug-likeness (QED) is 0.762. The first-order valence-corrected chi connectivity index (χ1v) is 8.40. The Balaban J connectivity index is 2.10. The van der Waals surface area contributed by atoms with E-state index in [4.69, 9.17) is 4.74 Å². The second kappa shape index (κ2) is 9.56. The minimum absolute atomic E-state index is 0.165. The number of rotatable bonds is 8. The fraction of sp³-hybridized carbons (Fsp3) is 0.300. The van der Waals surface area contributed by atoms with Gasteiger partial charge < -0.3 is 15.4 Å². The van der Waals surface area contributed by atoms with Gasteiger partial charge in [-0.25, -0.2) is 4.39 Å². The zero-order chi connectivity index (χ0) is 18.9. The number of amides is 2. The minimum Gasteiger partial charge on any atom is -0.497 e. The van der Waals surface area contributed by atoms with Gasteiger partial charge in [0.2, 0.25) is 11.8 Å². The lowest BCUT2D eigenvalue weighted by Crippen LogP contribution is -2.33. The second-order valence-electron chi connectivity index (χ2n) is 5.96. The molecule has 0 aromatic heterocycles. The average Bonchev–Trinajstić information content (AvgIpc) is 2.63. The van der Waals surface area contributed by atoms with Crippen molar-refractivity contribution in [3.8, 4) is 5.75 Å². The molecule has 0 aliphatic carbocycles. The predicted octanol–water partition coefficient (Wildman–Crippen LogP) is 2.76. The smallest absolute Gasteiger partial charge is 0.222 e. The largest absolute Gasteiger partial charge is 0.497 e. The summed E-state index contributed by atoms with van der Waals surface area (Å²) in [5.74, 6) is 0.0952. The van der Waals surface area contributed by atoms with Gasteiger partial charge in [-0.2, -0.15) is 0 Å². The molecule has 0 heterocycles. The molecule has 0 aliphatic heterocycles. The Kier molecular flexibility index (Phi) is 7.14. The van der Waals surface area contributed by atoms with Crippen LogP contribution in [0.25, 0.3) is 0 Å². The lowest BCUT2D eigenvalue weighted by molar-refractivity contribution is -0.122. The van der Waals surface area contributed by atoms with E-state index in [-0.39, 0.29) is 36.6 Å². The molecule has 138 valence electrons. The van der Waals surface area contributed by atoms with Gasteiger partial charge in [0, 0.05) is 19.9 Å². The standard InChI is InChI=1S/C20H23FN2O3/c1-14(24)22-12-11-20(25)23-19(13-15-3-7-17(21)8-4-15)16-5-9-18(26-2)10-6-16/h3-10,19H,11-13H2,1-2H3,(H,22,24)(H,23,25)/t19-/m1/s1. The summed E-state index contributed by atoms with van der Waals surface area (Å²) >= 11 is 0. The molecule has 2 aromatic rings. The lowest BCUT2D eigenvalue weighted by atomic mass is 9.98. The van der Waals surface area contributed by atoms with Crippen LogP contribution in [0.5, 0.6) is 5.75 Å². The van der Waals surface area contributed by atoms with E-state index in [1.54, 1.807) is 19.2 Å². The van der Waals surface area contributed by atoms with Crippen LogP contribution in [0, 0.1) is 5.82 Å². The molecule has 0 spiro atoms. The number of halogens is 1. The average molecular weight is 358 g/mol. The summed E-state index contributed by atoms with van der Waals surface area (Å²) < 4.78 is 18.3. The van der Waals surface area contributed by atoms with Crippen molar-refractivity contribution >= 4 is 11.8 Å². The Labute approximate surface area is 152 Å². The van der Waals surface area contributed by atoms with Gasteiger partial charge in [-0.3, -0.25) is 9.59 Å². The van der Waals surface area contributed by atoms with Crippen molar-refractivity contribution in [1.29, 1.82) is 0 Å². The van der Waals surface area contributed by atoms with Crippen LogP contribution < -0.4 is 15.4 Å². The van der Waals surface area contributed by atoms with Crippen LogP contribution in [0.15, 0.2) is 48.5 Å². The summed E-state index contributed by atoms with van der Waals surface area (Å²) in [6, 6.07) is 13.4. The fourth-order valence-corrected chi connectivity index (χ4v) is 2.56. The molecule has 6 heteroatoms. The van der Waals surface area contributed by atoms with Gasteiger partial charge in [-0.15, -0.1) is 0 Å². The minimum atomic E-state index is -0.297. The van der Waals surface area contributed by atoms with Crippen molar-refractivity contribution < 1.29 is 18.7 Å². The Bertz CT molecular complexity index is 730. The van der Waals surface area contributed by atoms with Crippen molar-refractivity contribution in [1.82, 2.24) is 10.6 Å². The summed E-state index contributed by atoms with van der Waals surface area (Å²) in [5.41, 5.74) is 1.83. The van der Waals surface area contributed by atoms with Crippen molar-refractivity contribution in [2.24, 2.45) is 0 Å². The molecule has 0 radical (unpaired) electrons. The van der Waals surface area contributed by atoms with Gasteiger partial charge in [-0.05, 0) is 41.8 Å². The summed E-state index contributed by atoms with van der Waals surface area (Å²) in [6.45, 7) is 1.69. The van der Waals surface area contributed by atoms with Crippen molar-refractivity contribution in [3.05, 3.63) is 65.5 Å². The van der Waals surface area contributed by atoms with Crippen LogP contribution in [0.4, 0.5) is 4.39 Å². The number of hydrogen-bond acceptors (Lipinski definition) is 3. The van der Waals surface area contributed by atoms with E-state index in [2.05, 4.69) is 10.6 Å². The monoisotopic (exact) mass is 358 g/mol. The van der Waals surface area contributed by atoms with Crippen LogP contribution in [0.3, 0.4) is 0 Å². The molecule has 26 heavy (non-hydrogen) atoms. The number of methoxy groups -OCH3 is 1. The lowest BCUT2D eigenvalue weighted by Gasteiger charge is -2.20. The van der Waals surface area contributed by atoms with Crippen molar-refractivity contribution in [2.45, 2.75) is 25.8 Å². The topological polar surface area (TPSA) is 67.4 Å². The first-order chi connectivity index (χ1) is 12.5. The summed E-state index contributed by atoms with van der Waals surface area (Å²) in [4.78, 5) is 23.1. The maximum absolute atomic E-state index is 13.1. The van der Waals surface area contributed by atoms with Crippen molar-refractivity contribution in [3.63, 3.8) is 0 Å². The highest BCUT2D eigenvalue weighted by Gasteiger charge is 2.16. The third kappa shape index (κ3) is 6.20. The van der Waals surface area contributed by atoms with Gasteiger partial charge in [0.15, 0.2) is 0 Å². The van der Waals surface area contributed by atoms with E-state index in [1.807, 2.05) is 24.3 Å². The number of carbonyl (C=O) groups excluding carboxylic acids is 2. The molecule has 2 amide bonds. The third-order valence-corrected chi connectivity index (χ3v) is 3.93. The maximum Gasteiger partial charge on any atom is 0.222 e. The molecule has 2 N–H and O–H groups in total. The first-order valence-electron chi connectivity index (χ1n) is 8.40. The molecule has 5 nitrogen and oxygen atoms in total. The molecular formula is C20H23FN2O3. The van der Waals surface area contributed by atoms with E-state index in [0.717, 1.165) is 16.9 Å². The summed E-state index contributed by atoms with van der Waals surface area (Å²) in [5, 5.41) is 5.59. The molecule has 0 unspecified atom stereocenters. The Morgan fingerprint density at radius 1 is 1.08 bits per heavy atom. The highest BCUT2D eigenvalue weighted by Crippen LogP contribution is 2.22. The van der Waals surface area contributed by atoms with Crippen LogP contribution in [0.1, 0.15) is 30.5 Å². The predicted molar refractivity (Wildman–Crippen MR) is 97.3 cm³/mol. The SMILES string of the molecule is COc1ccc([C@@H](Cc2ccc(F)cc2)NC(=O)CCNC(C)=O)cc1. The van der Waals surface area contributed by atoms with Gasteiger partial charge >= 0.3 is 0 Å². The highest BCUT2D eigenvalue weighted by molar-refractivity contribution is 5.78. The van der Waals surface area contributed by atoms with E-state index in [1.165, 1.54) is 19.1 Å². The van der Waals surface area contributed by atoms with Crippen molar-refractivity contribution in [2.75, 3.05) is 13.7 Å². The fourth-order valence-electron chi connectivity index (χ4n) is 2.56. The van der Waals surface area contributed by atoms with Crippen LogP contribution in [0.2, 0.25) is 0 Å². The van der Waals surface area contributed by atoms with Crippen LogP contribution >= 0.6 is 0 Å². The summed E-state index contributed by atoms with van der Waals surface area (Å²) in [6.07, 6.45) is 0.716. The molecule has 0 saturated carbocycles. The van der Waals surface area contributed by atoms with Crippen LogP contribution in [-0.4, -0.2) is 25.5 Å². The Hall–Kier alpha value is -2.89. The van der Waals surface area contributed by atoms with Crippen LogP contribution in [-0.2, 0) is 16.0 Å². The maximum atomic E-state index is 13.1. The number of ether oxygens (including phenoxy) is 1. The van der Waals surface area contributed by atoms with Gasteiger partial charge in [0.1, 0.15) is 11.6 Å². The molecule has 2 aromatic carbocycles. The first kappa shape index (κ1) is 19.4. The number of nitrogens with one attached hydrogen (secondary N) is 2. The third-order valence-electron chi connectivity index (χ3n) is 3.93. The molecule has 0 aliphatic rings. The number of hydrogen-bond donors (Lipinski definition) is 2. The molecular weight excluding hydrogens is 335 g/mol. The van der Waals surface area contributed by atoms with E-state index in [0.29, 0.717) is 6.42 Å². The number of benzene rings is 2. The van der Waals surface area contributed by atoms with Gasteiger partial charge in [0.25, 0.3) is 0 Å². The van der Waals surface area contributed by atoms with E-state index in [9.17, 15) is 14.0 Å². The van der Waals surface area contributed by atoms with Gasteiger partial charge in [0.05, 0.1) is 13.2 Å². The molecule has 0 fully saturated rings. The Morgan fingerprint density at radius 2 is 1.73 bits per heavy atom. The van der Waals surface area contributed by atoms with E-state index >= 15 is 0 Å². The zero-order valence-corrected chi connectivity index (χ0v) is 14.9. The zero-order valence-electron chi connectivity index (χ0n) is 14.9. The molecule has 2 rings (SSSR count). The normalized spacial score (nSPS) is 11.5. The van der Waals surface area contributed by atoms with E-state index < -0.39 is 0 Å². The molecule has 0 saturated heterocycles. The number of carbonyl (C=O) groups is 2. The molecule has 0 bridgehead atoms. The second-order valence-corrected chi connectivity index (χ2v) is 5.96.